The maximum absolute atomic E-state index is 12.8. The standard InChI is InChI=1S/C13H14FN/c14-12-6-4-11(5-7-12)13(10-15)8-2-1-3-9-13/h1-8H,9-10,15H2. The summed E-state index contributed by atoms with van der Waals surface area (Å²) in [6.45, 7) is 0.541. The van der Waals surface area contributed by atoms with E-state index in [-0.39, 0.29) is 11.2 Å². The van der Waals surface area contributed by atoms with Gasteiger partial charge in [-0.05, 0) is 24.1 Å². The molecule has 0 spiro atoms. The first-order valence-corrected chi connectivity index (χ1v) is 5.07. The van der Waals surface area contributed by atoms with Crippen LogP contribution >= 0.6 is 0 Å². The van der Waals surface area contributed by atoms with Crippen LogP contribution in [0.15, 0.2) is 48.6 Å². The topological polar surface area (TPSA) is 26.0 Å². The molecule has 0 saturated carbocycles. The summed E-state index contributed by atoms with van der Waals surface area (Å²) in [6, 6.07) is 6.59. The summed E-state index contributed by atoms with van der Waals surface area (Å²) in [7, 11) is 0. The van der Waals surface area contributed by atoms with Crippen LogP contribution in [0.25, 0.3) is 0 Å². The Hall–Kier alpha value is -1.41. The highest BCUT2D eigenvalue weighted by molar-refractivity contribution is 5.36. The van der Waals surface area contributed by atoms with Gasteiger partial charge in [-0.3, -0.25) is 0 Å². The van der Waals surface area contributed by atoms with Gasteiger partial charge in [-0.2, -0.15) is 0 Å². The fourth-order valence-corrected chi connectivity index (χ4v) is 1.93. The van der Waals surface area contributed by atoms with Gasteiger partial charge in [-0.15, -0.1) is 0 Å². The molecule has 1 unspecified atom stereocenters. The number of benzene rings is 1. The van der Waals surface area contributed by atoms with Crippen LogP contribution in [0, 0.1) is 5.82 Å². The zero-order valence-corrected chi connectivity index (χ0v) is 8.49. The van der Waals surface area contributed by atoms with Crippen LogP contribution in [0.5, 0.6) is 0 Å². The maximum Gasteiger partial charge on any atom is 0.123 e. The van der Waals surface area contributed by atoms with Crippen molar-refractivity contribution in [3.8, 4) is 0 Å². The lowest BCUT2D eigenvalue weighted by molar-refractivity contribution is 0.547. The molecule has 0 amide bonds. The Kier molecular flexibility index (Phi) is 2.69. The van der Waals surface area contributed by atoms with Gasteiger partial charge in [0.05, 0.1) is 0 Å². The third-order valence-corrected chi connectivity index (χ3v) is 2.93. The van der Waals surface area contributed by atoms with Crippen LogP contribution in [0.4, 0.5) is 4.39 Å². The van der Waals surface area contributed by atoms with Crippen LogP contribution in [0.3, 0.4) is 0 Å². The Morgan fingerprint density at radius 2 is 1.93 bits per heavy atom. The van der Waals surface area contributed by atoms with Crippen molar-refractivity contribution in [3.63, 3.8) is 0 Å². The lowest BCUT2D eigenvalue weighted by Gasteiger charge is -2.30. The Balaban J connectivity index is 2.38. The normalized spacial score (nSPS) is 24.4. The second-order valence-corrected chi connectivity index (χ2v) is 3.86. The molecule has 0 radical (unpaired) electrons. The molecular formula is C13H14FN. The molecule has 1 aliphatic rings. The van der Waals surface area contributed by atoms with Crippen LogP contribution < -0.4 is 5.73 Å². The van der Waals surface area contributed by atoms with Crippen molar-refractivity contribution < 1.29 is 4.39 Å². The second-order valence-electron chi connectivity index (χ2n) is 3.86. The summed E-state index contributed by atoms with van der Waals surface area (Å²) in [6.07, 6.45) is 9.08. The molecule has 2 heteroatoms. The molecule has 1 aromatic rings. The van der Waals surface area contributed by atoms with Gasteiger partial charge in [0.15, 0.2) is 0 Å². The van der Waals surface area contributed by atoms with Gasteiger partial charge in [0.2, 0.25) is 0 Å². The molecule has 1 aliphatic carbocycles. The van der Waals surface area contributed by atoms with Crippen LogP contribution in [-0.2, 0) is 5.41 Å². The van der Waals surface area contributed by atoms with Crippen molar-refractivity contribution in [2.75, 3.05) is 6.54 Å². The summed E-state index contributed by atoms with van der Waals surface area (Å²) in [5, 5.41) is 0. The van der Waals surface area contributed by atoms with E-state index in [0.717, 1.165) is 12.0 Å². The highest BCUT2D eigenvalue weighted by Gasteiger charge is 2.27. The molecule has 0 aliphatic heterocycles. The number of allylic oxidation sites excluding steroid dienone is 3. The minimum Gasteiger partial charge on any atom is -0.329 e. The van der Waals surface area contributed by atoms with Gasteiger partial charge in [0.1, 0.15) is 5.82 Å². The fourth-order valence-electron chi connectivity index (χ4n) is 1.93. The summed E-state index contributed by atoms with van der Waals surface area (Å²) in [5.41, 5.74) is 6.76. The number of nitrogens with two attached hydrogens (primary N) is 1. The molecular weight excluding hydrogens is 189 g/mol. The van der Waals surface area contributed by atoms with E-state index < -0.39 is 0 Å². The Morgan fingerprint density at radius 3 is 2.47 bits per heavy atom. The quantitative estimate of drug-likeness (QED) is 0.785. The van der Waals surface area contributed by atoms with E-state index in [4.69, 9.17) is 5.73 Å². The van der Waals surface area contributed by atoms with E-state index in [0.29, 0.717) is 6.54 Å². The number of halogens is 1. The van der Waals surface area contributed by atoms with Crippen molar-refractivity contribution in [2.24, 2.45) is 5.73 Å². The van der Waals surface area contributed by atoms with E-state index in [1.807, 2.05) is 24.3 Å². The third-order valence-electron chi connectivity index (χ3n) is 2.93. The summed E-state index contributed by atoms with van der Waals surface area (Å²) in [5.74, 6) is -0.207. The minimum atomic E-state index is -0.207. The van der Waals surface area contributed by atoms with Gasteiger partial charge in [-0.25, -0.2) is 4.39 Å². The van der Waals surface area contributed by atoms with Gasteiger partial charge in [0.25, 0.3) is 0 Å². The van der Waals surface area contributed by atoms with Crippen molar-refractivity contribution in [1.82, 2.24) is 0 Å². The molecule has 0 fully saturated rings. The molecule has 1 nitrogen and oxygen atoms in total. The summed E-state index contributed by atoms with van der Waals surface area (Å²) in [4.78, 5) is 0. The van der Waals surface area contributed by atoms with Crippen molar-refractivity contribution >= 4 is 0 Å². The molecule has 1 aromatic carbocycles. The summed E-state index contributed by atoms with van der Waals surface area (Å²) >= 11 is 0. The van der Waals surface area contributed by atoms with Gasteiger partial charge >= 0.3 is 0 Å². The summed E-state index contributed by atoms with van der Waals surface area (Å²) < 4.78 is 12.8. The molecule has 15 heavy (non-hydrogen) atoms. The number of hydrogen-bond acceptors (Lipinski definition) is 1. The average molecular weight is 203 g/mol. The Bertz CT molecular complexity index is 392. The highest BCUT2D eigenvalue weighted by atomic mass is 19.1. The Morgan fingerprint density at radius 1 is 1.20 bits per heavy atom. The Labute approximate surface area is 89.1 Å². The molecule has 2 N–H and O–H groups in total. The number of hydrogen-bond donors (Lipinski definition) is 1. The van der Waals surface area contributed by atoms with Crippen molar-refractivity contribution in [3.05, 3.63) is 60.0 Å². The van der Waals surface area contributed by atoms with Crippen LogP contribution in [0.1, 0.15) is 12.0 Å². The van der Waals surface area contributed by atoms with Gasteiger partial charge in [0, 0.05) is 12.0 Å². The van der Waals surface area contributed by atoms with E-state index in [1.54, 1.807) is 0 Å². The van der Waals surface area contributed by atoms with Crippen molar-refractivity contribution in [1.29, 1.82) is 0 Å². The smallest absolute Gasteiger partial charge is 0.123 e. The molecule has 0 bridgehead atoms. The predicted octanol–water partition coefficient (Wildman–Crippen LogP) is 2.54. The molecule has 0 heterocycles. The van der Waals surface area contributed by atoms with E-state index >= 15 is 0 Å². The zero-order valence-electron chi connectivity index (χ0n) is 8.49. The molecule has 2 rings (SSSR count). The monoisotopic (exact) mass is 203 g/mol. The first-order chi connectivity index (χ1) is 7.27. The fraction of sp³-hybridized carbons (Fsp3) is 0.231. The largest absolute Gasteiger partial charge is 0.329 e. The zero-order chi connectivity index (χ0) is 10.7. The van der Waals surface area contributed by atoms with E-state index in [9.17, 15) is 4.39 Å². The first-order valence-electron chi connectivity index (χ1n) is 5.07. The average Bonchev–Trinajstić information content (AvgIpc) is 2.31. The highest BCUT2D eigenvalue weighted by Crippen LogP contribution is 2.31. The van der Waals surface area contributed by atoms with E-state index in [1.165, 1.54) is 12.1 Å². The molecule has 0 aromatic heterocycles. The van der Waals surface area contributed by atoms with Gasteiger partial charge < -0.3 is 5.73 Å². The maximum atomic E-state index is 12.8. The van der Waals surface area contributed by atoms with E-state index in [2.05, 4.69) is 12.2 Å². The number of rotatable bonds is 2. The first kappa shape index (κ1) is 10.1. The van der Waals surface area contributed by atoms with Crippen molar-refractivity contribution in [2.45, 2.75) is 11.8 Å². The lowest BCUT2D eigenvalue weighted by atomic mass is 9.75. The molecule has 78 valence electrons. The second kappa shape index (κ2) is 3.99. The van der Waals surface area contributed by atoms with Crippen LogP contribution in [0.2, 0.25) is 0 Å². The lowest BCUT2D eigenvalue weighted by Crippen LogP contribution is -2.33. The third kappa shape index (κ3) is 1.85. The SMILES string of the molecule is NCC1(c2ccc(F)cc2)C=CC=CC1. The van der Waals surface area contributed by atoms with Gasteiger partial charge in [-0.1, -0.05) is 36.4 Å². The molecule has 1 atom stereocenters. The van der Waals surface area contributed by atoms with Crippen LogP contribution in [-0.4, -0.2) is 6.54 Å². The predicted molar refractivity (Wildman–Crippen MR) is 60.0 cm³/mol. The molecule has 0 saturated heterocycles. The minimum absolute atomic E-state index is 0.150.